The summed E-state index contributed by atoms with van der Waals surface area (Å²) < 4.78 is 32.6. The fourth-order valence-electron chi connectivity index (χ4n) is 17.2. The number of thiocarbonyl (C=S) groups is 1. The van der Waals surface area contributed by atoms with E-state index in [1.165, 1.54) is 137 Å². The van der Waals surface area contributed by atoms with Crippen molar-refractivity contribution in [1.82, 2.24) is 10.6 Å². The van der Waals surface area contributed by atoms with Crippen molar-refractivity contribution < 1.29 is 62.0 Å². The standard InChI is InChI=1S/C31H52O2.C14H26O2.C13H20O.C12H17Br.C11H14O2.C8H16O2.C6H13NO.C6H13NS.C6H12O2.C6H12OS/c1-20(2)9-8-10-22(5)26-13-14-27-25-12-11-23-19-24(33-29(32)21(3)4)15-17-30(23,6)28(25)16-18-31(26,27)7;1-9(2)12-7-6-11(5)8-13(12)16-14(15)10(3)4;1-11(2)5-4-6-12-7-9-13(14-3)10-8-12;1-10(2)4-3-5-11-6-8-12(13)9-7-11;1-9(2)11(12)13-8-10-6-4-3-5-7-10;1-6(2)7(9)10-8(3,4)5;2*1-4-7-6(8)5(2)3;2*1-4-8-6(7)5(2)3/h11,20-22,24-28H,8-10,12-19H2,1-7H3;9-13H,6-8H2,1-5H3;7-11H,4-6H2,1-3H3;6-10H,3-5H2,1-2H3;3-7,9H,8H2,1-2H3;6H,1-5H3;2*5H,4H2,1-3H3,(H,7,8);2*5H,4H2,1-3H3/t22-,24+,25+,26?,27?,28+,30+,31-;11-,12+,13-;;;;;;;;/m11......../s1. The number of hydrogen-bond acceptors (Lipinski definition) is 15. The van der Waals surface area contributed by atoms with E-state index in [1.54, 1.807) is 19.6 Å². The number of hydrogen-bond donors (Lipinski definition) is 2. The number of fused-ring (bicyclic) bond motifs is 5. The molecule has 3 aromatic carbocycles. The molecule has 131 heavy (non-hydrogen) atoms. The molecule has 5 aliphatic carbocycles. The molecule has 0 bridgehead atoms. The van der Waals surface area contributed by atoms with E-state index in [1.807, 2.05) is 174 Å². The monoisotopic (exact) mass is 1930 g/mol. The quantitative estimate of drug-likeness (QED) is 0.0267. The molecule has 0 aromatic heterocycles. The van der Waals surface area contributed by atoms with E-state index in [2.05, 4.69) is 178 Å². The van der Waals surface area contributed by atoms with Crippen LogP contribution in [0.2, 0.25) is 0 Å². The van der Waals surface area contributed by atoms with Gasteiger partial charge in [-0.05, 0) is 248 Å². The van der Waals surface area contributed by atoms with Gasteiger partial charge in [0.05, 0.1) is 48.3 Å². The Balaban J connectivity index is 0. The molecule has 18 heteroatoms. The van der Waals surface area contributed by atoms with Crippen LogP contribution in [0.3, 0.4) is 0 Å². The molecule has 2 N–H and O–H groups in total. The minimum absolute atomic E-state index is 0.00921. The summed E-state index contributed by atoms with van der Waals surface area (Å²) >= 11 is 9.80. The van der Waals surface area contributed by atoms with Crippen molar-refractivity contribution in [2.24, 2.45) is 123 Å². The number of amides is 1. The zero-order valence-electron chi connectivity index (χ0n) is 89.9. The normalized spacial score (nSPS) is 20.6. The molecule has 4 saturated carbocycles. The molecule has 0 radical (unpaired) electrons. The molecule has 0 aliphatic heterocycles. The number of methoxy groups -OCH3 is 1. The Kier molecular flexibility index (Phi) is 67.4. The molecule has 0 spiro atoms. The lowest BCUT2D eigenvalue weighted by Crippen LogP contribution is -2.51. The summed E-state index contributed by atoms with van der Waals surface area (Å²) in [5.41, 5.74) is 6.06. The van der Waals surface area contributed by atoms with E-state index in [9.17, 15) is 33.6 Å². The molecule has 4 fully saturated rings. The van der Waals surface area contributed by atoms with E-state index in [4.69, 9.17) is 35.9 Å². The number of benzene rings is 3. The molecule has 8 rings (SSSR count). The van der Waals surface area contributed by atoms with Gasteiger partial charge in [-0.3, -0.25) is 33.6 Å². The lowest BCUT2D eigenvalue weighted by molar-refractivity contribution is -0.160. The molecule has 15 nitrogen and oxygen atoms in total. The Hall–Kier alpha value is -5.59. The maximum atomic E-state index is 12.2. The van der Waals surface area contributed by atoms with E-state index in [0.717, 1.165) is 102 Å². The van der Waals surface area contributed by atoms with Crippen molar-refractivity contribution in [2.75, 3.05) is 32.6 Å². The summed E-state index contributed by atoms with van der Waals surface area (Å²) in [6.07, 6.45) is 28.5. The van der Waals surface area contributed by atoms with Crippen LogP contribution in [0.4, 0.5) is 0 Å². The average Bonchev–Trinajstić information content (AvgIpc) is 1.67. The summed E-state index contributed by atoms with van der Waals surface area (Å²) in [4.78, 5) is 78.7. The minimum Gasteiger partial charge on any atom is -0.497 e. The van der Waals surface area contributed by atoms with Crippen LogP contribution in [0.5, 0.6) is 5.75 Å². The average molecular weight is 1930 g/mol. The molecule has 0 saturated heterocycles. The van der Waals surface area contributed by atoms with Gasteiger partial charge in [0, 0.05) is 41.7 Å². The second-order valence-corrected chi connectivity index (χ2v) is 45.2. The molecule has 2 unspecified atom stereocenters. The zero-order chi connectivity index (χ0) is 101. The molecule has 5 aliphatic rings. The number of thioether (sulfide) groups is 1. The molecule has 11 atom stereocenters. The fraction of sp³-hybridized carbons (Fsp3) is 0.752. The molecule has 1 amide bonds. The second kappa shape index (κ2) is 69.3. The number of carbonyl (C=O) groups is 7. The highest BCUT2D eigenvalue weighted by atomic mass is 79.9. The number of rotatable bonds is 31. The van der Waals surface area contributed by atoms with Crippen LogP contribution in [-0.4, -0.2) is 96.2 Å². The van der Waals surface area contributed by atoms with Gasteiger partial charge in [-0.25, -0.2) is 0 Å². The first-order chi connectivity index (χ1) is 61.1. The van der Waals surface area contributed by atoms with E-state index in [-0.39, 0.29) is 95.0 Å². The van der Waals surface area contributed by atoms with Crippen LogP contribution < -0.4 is 15.4 Å². The molecular formula is C113H195BrN2O13S2. The van der Waals surface area contributed by atoms with Crippen molar-refractivity contribution in [2.45, 2.75) is 395 Å². The Labute approximate surface area is 821 Å². The van der Waals surface area contributed by atoms with Gasteiger partial charge in [-0.15, -0.1) is 0 Å². The predicted octanol–water partition coefficient (Wildman–Crippen LogP) is 30.2. The van der Waals surface area contributed by atoms with Gasteiger partial charge in [0.15, 0.2) is 5.12 Å². The van der Waals surface area contributed by atoms with Crippen molar-refractivity contribution in [3.05, 3.63) is 112 Å². The number of nitrogens with one attached hydrogen (secondary N) is 2. The number of allylic oxidation sites excluding steroid dienone is 1. The zero-order valence-corrected chi connectivity index (χ0v) is 93.1. The first kappa shape index (κ1) is 127. The van der Waals surface area contributed by atoms with Gasteiger partial charge in [-0.1, -0.05) is 345 Å². The SMILES string of the molecule is CC(C)C(=O)OC(C)(C)C.CC(C)C(=O)OCc1ccccc1.CC(C)C(=O)O[C@@H]1C[C@H](C)CC[C@H]1C(C)C.CC(C)CCC[C@@H](C)C1CCC2[C@@H]3CC=C4C[C@@H](OC(=O)C(C)C)CC[C@]4(C)[C@H]3CC[C@]12C.CC(C)CCCc1ccc(Br)cc1.CCNC(=O)C(C)C.CCNC(=S)C(C)C.CCOC(=O)C(C)C.CCSC(=O)C(C)C.COc1ccc(CCCC(C)C)cc1. The van der Waals surface area contributed by atoms with Crippen LogP contribution >= 0.6 is 39.9 Å². The van der Waals surface area contributed by atoms with E-state index >= 15 is 0 Å². The van der Waals surface area contributed by atoms with Gasteiger partial charge in [0.1, 0.15) is 30.2 Å². The van der Waals surface area contributed by atoms with Gasteiger partial charge in [0.2, 0.25) is 5.91 Å². The number of halogens is 1. The Morgan fingerprint density at radius 1 is 0.519 bits per heavy atom. The summed E-state index contributed by atoms with van der Waals surface area (Å²) in [5.74, 6) is 11.0. The number of aryl methyl sites for hydroxylation is 2. The summed E-state index contributed by atoms with van der Waals surface area (Å²) in [6.45, 7) is 74.7. The first-order valence-electron chi connectivity index (χ1n) is 50.9. The van der Waals surface area contributed by atoms with Crippen molar-refractivity contribution >= 4 is 85.8 Å². The minimum atomic E-state index is -0.346. The summed E-state index contributed by atoms with van der Waals surface area (Å²) in [6, 6.07) is 26.7. The van der Waals surface area contributed by atoms with Crippen molar-refractivity contribution in [3.8, 4) is 5.75 Å². The van der Waals surface area contributed by atoms with Gasteiger partial charge >= 0.3 is 29.8 Å². The highest BCUT2D eigenvalue weighted by Gasteiger charge is 2.59. The molecule has 3 aromatic rings. The van der Waals surface area contributed by atoms with Gasteiger partial charge in [0.25, 0.3) is 0 Å². The summed E-state index contributed by atoms with van der Waals surface area (Å²) in [5, 5.41) is 6.08. The fourth-order valence-corrected chi connectivity index (χ4v) is 18.2. The third-order valence-corrected chi connectivity index (χ3v) is 27.3. The first-order valence-corrected chi connectivity index (χ1v) is 53.1. The lowest BCUT2D eigenvalue weighted by atomic mass is 9.47. The largest absolute Gasteiger partial charge is 0.497 e. The van der Waals surface area contributed by atoms with Crippen LogP contribution in [0.1, 0.15) is 375 Å². The molecule has 0 heterocycles. The van der Waals surface area contributed by atoms with E-state index in [0.29, 0.717) is 52.8 Å². The lowest BCUT2D eigenvalue weighted by Gasteiger charge is -2.58. The van der Waals surface area contributed by atoms with Crippen molar-refractivity contribution in [1.29, 1.82) is 0 Å². The van der Waals surface area contributed by atoms with Crippen LogP contribution in [0.25, 0.3) is 0 Å². The van der Waals surface area contributed by atoms with E-state index < -0.39 is 0 Å². The maximum absolute atomic E-state index is 12.2. The third-order valence-electron chi connectivity index (χ3n) is 25.1. The van der Waals surface area contributed by atoms with Crippen LogP contribution in [0.15, 0.2) is 95.0 Å². The smallest absolute Gasteiger partial charge is 0.308 e. The Bertz CT molecular complexity index is 3510. The number of carbonyl (C=O) groups excluding carboxylic acids is 7. The predicted molar refractivity (Wildman–Crippen MR) is 562 cm³/mol. The van der Waals surface area contributed by atoms with Crippen molar-refractivity contribution in [3.63, 3.8) is 0 Å². The number of ether oxygens (including phenoxy) is 6. The maximum Gasteiger partial charge on any atom is 0.308 e. The van der Waals surface area contributed by atoms with Crippen LogP contribution in [0, 0.1) is 123 Å². The Morgan fingerprint density at radius 2 is 1.02 bits per heavy atom. The summed E-state index contributed by atoms with van der Waals surface area (Å²) in [7, 11) is 1.70. The highest BCUT2D eigenvalue weighted by Crippen LogP contribution is 2.67. The van der Waals surface area contributed by atoms with Gasteiger partial charge < -0.3 is 39.1 Å². The molecular weight excluding hydrogens is 1740 g/mol. The second-order valence-electron chi connectivity index (χ2n) is 42.6. The Morgan fingerprint density at radius 3 is 1.42 bits per heavy atom. The third kappa shape index (κ3) is 55.4. The van der Waals surface area contributed by atoms with Gasteiger partial charge in [-0.2, -0.15) is 0 Å². The molecule has 754 valence electrons. The topological polar surface area (TPSA) is 199 Å². The number of esters is 5. The van der Waals surface area contributed by atoms with Crippen LogP contribution in [-0.2, 0) is 76.7 Å². The highest BCUT2D eigenvalue weighted by molar-refractivity contribution is 9.10.